The van der Waals surface area contributed by atoms with E-state index in [1.54, 1.807) is 83.1 Å². The molecule has 0 aliphatic carbocycles. The molecule has 0 bridgehead atoms. The molecule has 4 saturated heterocycles. The summed E-state index contributed by atoms with van der Waals surface area (Å²) < 4.78 is 130. The average molecular weight is 1370 g/mol. The highest BCUT2D eigenvalue weighted by atomic mass is 16.8. The summed E-state index contributed by atoms with van der Waals surface area (Å²) in [5, 5.41) is 11.7. The molecule has 1 N–H and O–H groups in total. The van der Waals surface area contributed by atoms with Gasteiger partial charge in [-0.1, -0.05) is 48.6 Å². The number of carbonyl (C=O) groups excluding carboxylic acids is 5. The topological polar surface area (TPSA) is 290 Å². The Kier molecular flexibility index (Phi) is 34.1. The van der Waals surface area contributed by atoms with Gasteiger partial charge in [0.05, 0.1) is 101 Å². The Bertz CT molecular complexity index is 2530. The highest BCUT2D eigenvalue weighted by Gasteiger charge is 2.61. The van der Waals surface area contributed by atoms with Crippen molar-refractivity contribution in [2.75, 3.05) is 79.3 Å². The first-order chi connectivity index (χ1) is 45.3. The fourth-order valence-corrected chi connectivity index (χ4v) is 9.94. The van der Waals surface area contributed by atoms with Crippen LogP contribution in [0.3, 0.4) is 0 Å². The quantitative estimate of drug-likeness (QED) is 0.0283. The molecule has 0 spiro atoms. The van der Waals surface area contributed by atoms with Gasteiger partial charge in [0.15, 0.2) is 55.7 Å². The Morgan fingerprint density at radius 3 is 0.802 bits per heavy atom. The zero-order chi connectivity index (χ0) is 71.7. The molecule has 0 radical (unpaired) electrons. The lowest BCUT2D eigenvalue weighted by Gasteiger charge is -2.52. The van der Waals surface area contributed by atoms with E-state index in [-0.39, 0.29) is 79.3 Å². The largest absolute Gasteiger partial charge is 0.457 e. The van der Waals surface area contributed by atoms with Crippen LogP contribution in [-0.2, 0) is 119 Å². The van der Waals surface area contributed by atoms with E-state index in [4.69, 9.17) is 94.7 Å². The molecule has 4 rings (SSSR count). The SMILES string of the molecule is C=CCOC[C@H]1O[C@@H](O)[C@H](OC(=O)C(C)(C)C)[C@@H](OCC=C)[C@H]1O[C@@H]1O[C@H](COCC=C)[C@H](O[C@@H]2O[C@H](COCC=C)[C@H](O[C@@H]3O[C@H](COCC=C)[C@H](OC(C)=O)[C@H](OCC=C)[C@H]3OC(=O)C(C)(C)C)[C@H](OCC=C)[C@H]2OC(=O)C(C)(C)C)[C@H](OCC=C)[C@H]1OC(=O)C(C)(C)C. The van der Waals surface area contributed by atoms with Crippen molar-refractivity contribution in [2.24, 2.45) is 21.7 Å². The summed E-state index contributed by atoms with van der Waals surface area (Å²) in [5.41, 5.74) is -4.59. The van der Waals surface area contributed by atoms with Crippen LogP contribution in [0.25, 0.3) is 0 Å². The normalized spacial score (nSPS) is 31.1. The van der Waals surface area contributed by atoms with E-state index in [0.717, 1.165) is 0 Å². The van der Waals surface area contributed by atoms with Crippen molar-refractivity contribution in [3.05, 3.63) is 101 Å². The monoisotopic (exact) mass is 1360 g/mol. The third kappa shape index (κ3) is 24.5. The molecule has 26 heteroatoms. The number of aliphatic hydroxyl groups is 1. The standard InChI is InChI=1S/C70H108O26/c1-22-30-77-38-43-48(51(81-34-26-5)55(59(72)86-43)93-63(73)67(10,11)12)90-61-57(95-65(75)69(16,17)18)53(83-36-28-7)50(45(88-61)40-79-32-24-3)92-62-58(96-66(76)70(19,20)21)54(84-37-29-8)49(46(89-62)41-80-33-25-4)91-60-56(94-64(74)68(13,14)15)52(82-35-27-6)47(85-42(9)71)44(87-60)39-78-31-23-2/h22-29,43-62,72H,1-8,30-41H2,9-21H3/t43-,44-,45-,46-,47+,48+,49+,50+,51+,52+,53+,54+,55-,56-,57-,58-,59-,60+,61+,62+/m1/s1. The van der Waals surface area contributed by atoms with Gasteiger partial charge in [0.1, 0.15) is 67.1 Å². The molecule has 0 aromatic carbocycles. The smallest absolute Gasteiger partial charge is 0.311 e. The summed E-state index contributed by atoms with van der Waals surface area (Å²) in [6.45, 7) is 49.6. The van der Waals surface area contributed by atoms with Crippen LogP contribution in [0.4, 0.5) is 0 Å². The number of esters is 5. The Hall–Kier alpha value is -5.37. The van der Waals surface area contributed by atoms with Crippen molar-refractivity contribution in [2.45, 2.75) is 213 Å². The van der Waals surface area contributed by atoms with Gasteiger partial charge >= 0.3 is 29.8 Å². The summed E-state index contributed by atoms with van der Waals surface area (Å²) in [6, 6.07) is 0. The molecule has 26 nitrogen and oxygen atoms in total. The zero-order valence-corrected chi connectivity index (χ0v) is 58.5. The van der Waals surface area contributed by atoms with E-state index in [2.05, 4.69) is 52.6 Å². The Labute approximate surface area is 566 Å². The van der Waals surface area contributed by atoms with Crippen molar-refractivity contribution >= 4 is 29.8 Å². The Balaban J connectivity index is 2.08. The van der Waals surface area contributed by atoms with Gasteiger partial charge in [-0.3, -0.25) is 24.0 Å². The number of rotatable bonds is 39. The van der Waals surface area contributed by atoms with Crippen molar-refractivity contribution in [1.29, 1.82) is 0 Å². The molecular weight excluding hydrogens is 1260 g/mol. The number of hydrogen-bond acceptors (Lipinski definition) is 26. The number of hydrogen-bond donors (Lipinski definition) is 1. The molecule has 0 aromatic rings. The van der Waals surface area contributed by atoms with Crippen molar-refractivity contribution in [3.8, 4) is 0 Å². The predicted molar refractivity (Wildman–Crippen MR) is 348 cm³/mol. The second-order valence-electron chi connectivity index (χ2n) is 27.2. The third-order valence-electron chi connectivity index (χ3n) is 14.7. The van der Waals surface area contributed by atoms with Gasteiger partial charge in [-0.25, -0.2) is 0 Å². The minimum atomic E-state index is -1.79. The number of ether oxygens (including phenoxy) is 20. The average Bonchev–Trinajstić information content (AvgIpc) is 0.764. The third-order valence-corrected chi connectivity index (χ3v) is 14.7. The van der Waals surface area contributed by atoms with Gasteiger partial charge in [-0.2, -0.15) is 0 Å². The lowest BCUT2D eigenvalue weighted by atomic mass is 9.93. The second-order valence-corrected chi connectivity index (χ2v) is 27.2. The van der Waals surface area contributed by atoms with E-state index in [0.29, 0.717) is 0 Å². The van der Waals surface area contributed by atoms with Crippen LogP contribution in [0.5, 0.6) is 0 Å². The molecule has 96 heavy (non-hydrogen) atoms. The van der Waals surface area contributed by atoms with Crippen LogP contribution < -0.4 is 0 Å². The molecule has 4 heterocycles. The minimum Gasteiger partial charge on any atom is -0.457 e. The highest BCUT2D eigenvalue weighted by molar-refractivity contribution is 5.77. The molecule has 544 valence electrons. The van der Waals surface area contributed by atoms with E-state index in [1.165, 1.54) is 55.5 Å². The lowest BCUT2D eigenvalue weighted by Crippen LogP contribution is -2.69. The van der Waals surface area contributed by atoms with Gasteiger partial charge in [-0.05, 0) is 83.1 Å². The second kappa shape index (κ2) is 39.4. The van der Waals surface area contributed by atoms with Gasteiger partial charge in [0.2, 0.25) is 0 Å². The zero-order valence-electron chi connectivity index (χ0n) is 58.5. The molecular formula is C70H108O26. The van der Waals surface area contributed by atoms with E-state index in [9.17, 15) is 29.1 Å². The summed E-state index contributed by atoms with van der Waals surface area (Å²) in [7, 11) is 0. The van der Waals surface area contributed by atoms with Crippen LogP contribution >= 0.6 is 0 Å². The fraction of sp³-hybridized carbons (Fsp3) is 0.700. The van der Waals surface area contributed by atoms with Gasteiger partial charge in [0.25, 0.3) is 0 Å². The van der Waals surface area contributed by atoms with Crippen molar-refractivity contribution in [1.82, 2.24) is 0 Å². The Morgan fingerprint density at radius 2 is 0.552 bits per heavy atom. The first kappa shape index (κ1) is 83.1. The molecule has 0 saturated carbocycles. The van der Waals surface area contributed by atoms with Crippen molar-refractivity contribution in [3.63, 3.8) is 0 Å². The van der Waals surface area contributed by atoms with Crippen LogP contribution in [0.1, 0.15) is 90.0 Å². The minimum absolute atomic E-state index is 0.0287. The maximum atomic E-state index is 14.7. The summed E-state index contributed by atoms with van der Waals surface area (Å²) in [5.74, 6) is -3.69. The van der Waals surface area contributed by atoms with Crippen molar-refractivity contribution < 1.29 is 124 Å². The predicted octanol–water partition coefficient (Wildman–Crippen LogP) is 6.89. The number of carbonyl (C=O) groups is 5. The van der Waals surface area contributed by atoms with E-state index >= 15 is 0 Å². The first-order valence-corrected chi connectivity index (χ1v) is 32.2. The molecule has 4 aliphatic heterocycles. The Morgan fingerprint density at radius 1 is 0.323 bits per heavy atom. The molecule has 0 aromatic heterocycles. The fourth-order valence-electron chi connectivity index (χ4n) is 9.94. The van der Waals surface area contributed by atoms with E-state index in [1.807, 2.05) is 0 Å². The first-order valence-electron chi connectivity index (χ1n) is 32.2. The van der Waals surface area contributed by atoms with Crippen LogP contribution in [0.2, 0.25) is 0 Å². The summed E-state index contributed by atoms with van der Waals surface area (Å²) in [4.78, 5) is 70.0. The molecule has 4 aliphatic rings. The maximum absolute atomic E-state index is 14.7. The molecule has 20 atom stereocenters. The van der Waals surface area contributed by atoms with Gasteiger partial charge in [0, 0.05) is 6.92 Å². The summed E-state index contributed by atoms with van der Waals surface area (Å²) in [6.07, 6.45) is -17.8. The van der Waals surface area contributed by atoms with E-state index < -0.39 is 174 Å². The van der Waals surface area contributed by atoms with Gasteiger partial charge in [-0.15, -0.1) is 52.6 Å². The maximum Gasteiger partial charge on any atom is 0.311 e. The molecule has 0 amide bonds. The highest BCUT2D eigenvalue weighted by Crippen LogP contribution is 2.41. The molecule has 0 unspecified atom stereocenters. The number of aliphatic hydroxyl groups excluding tert-OH is 1. The van der Waals surface area contributed by atoms with Crippen LogP contribution in [0, 0.1) is 21.7 Å². The van der Waals surface area contributed by atoms with Crippen LogP contribution in [-0.4, -0.2) is 237 Å². The lowest BCUT2D eigenvalue weighted by molar-refractivity contribution is -0.393. The van der Waals surface area contributed by atoms with Gasteiger partial charge < -0.3 is 99.8 Å². The summed E-state index contributed by atoms with van der Waals surface area (Å²) >= 11 is 0. The van der Waals surface area contributed by atoms with Crippen LogP contribution in [0.15, 0.2) is 101 Å². The molecule has 4 fully saturated rings.